The summed E-state index contributed by atoms with van der Waals surface area (Å²) in [6, 6.07) is 6.01. The summed E-state index contributed by atoms with van der Waals surface area (Å²) in [5, 5.41) is 4.63. The molecule has 2 saturated heterocycles. The van der Waals surface area contributed by atoms with Crippen LogP contribution >= 0.6 is 23.2 Å². The lowest BCUT2D eigenvalue weighted by molar-refractivity contribution is 0.0894. The number of alkyl halides is 1. The Hall–Kier alpha value is -0.310. The highest BCUT2D eigenvalue weighted by Crippen LogP contribution is 2.40. The molecule has 1 N–H and O–H groups in total. The number of halogens is 3. The van der Waals surface area contributed by atoms with Gasteiger partial charge >= 0.3 is 0 Å². The summed E-state index contributed by atoms with van der Waals surface area (Å²) in [6.07, 6.45) is 3.80. The second-order valence-electron chi connectivity index (χ2n) is 5.61. The number of hydrogen-bond acceptors (Lipinski definition) is 1. The van der Waals surface area contributed by atoms with Crippen LogP contribution in [0.3, 0.4) is 0 Å². The molecule has 0 radical (unpaired) electrons. The monoisotopic (exact) mass is 287 g/mol. The predicted octanol–water partition coefficient (Wildman–Crippen LogP) is 4.16. The Labute approximate surface area is 117 Å². The molecule has 0 amide bonds. The molecule has 0 saturated carbocycles. The van der Waals surface area contributed by atoms with Crippen LogP contribution in [0, 0.1) is 0 Å². The van der Waals surface area contributed by atoms with Gasteiger partial charge in [0, 0.05) is 28.5 Å². The molecule has 98 valence electrons. The largest absolute Gasteiger partial charge is 0.311 e. The van der Waals surface area contributed by atoms with E-state index < -0.39 is 5.67 Å². The fraction of sp³-hybridized carbons (Fsp3) is 0.571. The van der Waals surface area contributed by atoms with Gasteiger partial charge in [-0.3, -0.25) is 0 Å². The third kappa shape index (κ3) is 2.52. The van der Waals surface area contributed by atoms with E-state index in [9.17, 15) is 4.39 Å². The van der Waals surface area contributed by atoms with Crippen molar-refractivity contribution in [2.75, 3.05) is 0 Å². The van der Waals surface area contributed by atoms with E-state index in [0.29, 0.717) is 41.4 Å². The zero-order chi connectivity index (χ0) is 12.8. The van der Waals surface area contributed by atoms with Crippen molar-refractivity contribution in [2.45, 2.75) is 49.9 Å². The summed E-state index contributed by atoms with van der Waals surface area (Å²) in [5.74, 6) is 0. The SMILES string of the molecule is FC1(Cc2ccc(Cl)cc2Cl)CC2CCC(C1)N2. The van der Waals surface area contributed by atoms with Gasteiger partial charge in [0.25, 0.3) is 0 Å². The summed E-state index contributed by atoms with van der Waals surface area (Å²) in [7, 11) is 0. The van der Waals surface area contributed by atoms with Crippen LogP contribution in [0.4, 0.5) is 4.39 Å². The molecule has 2 aliphatic heterocycles. The fourth-order valence-electron chi connectivity index (χ4n) is 3.34. The molecule has 0 aliphatic carbocycles. The van der Waals surface area contributed by atoms with Crippen LogP contribution in [-0.4, -0.2) is 17.8 Å². The normalized spacial score (nSPS) is 34.8. The van der Waals surface area contributed by atoms with Crippen molar-refractivity contribution in [3.63, 3.8) is 0 Å². The van der Waals surface area contributed by atoms with Gasteiger partial charge in [0.15, 0.2) is 0 Å². The summed E-state index contributed by atoms with van der Waals surface area (Å²) in [4.78, 5) is 0. The number of fused-ring (bicyclic) bond motifs is 2. The van der Waals surface area contributed by atoms with Gasteiger partial charge in [-0.15, -0.1) is 0 Å². The quantitative estimate of drug-likeness (QED) is 0.861. The first-order valence-electron chi connectivity index (χ1n) is 6.43. The number of rotatable bonds is 2. The molecule has 2 aliphatic rings. The van der Waals surface area contributed by atoms with Gasteiger partial charge in [0.2, 0.25) is 0 Å². The summed E-state index contributed by atoms with van der Waals surface area (Å²) < 4.78 is 14.9. The summed E-state index contributed by atoms with van der Waals surface area (Å²) in [6.45, 7) is 0. The second kappa shape index (κ2) is 4.66. The Kier molecular flexibility index (Phi) is 3.29. The van der Waals surface area contributed by atoms with Crippen LogP contribution < -0.4 is 5.32 Å². The zero-order valence-corrected chi connectivity index (χ0v) is 11.6. The van der Waals surface area contributed by atoms with Crippen molar-refractivity contribution in [1.82, 2.24) is 5.32 Å². The van der Waals surface area contributed by atoms with E-state index >= 15 is 0 Å². The lowest BCUT2D eigenvalue weighted by atomic mass is 9.84. The van der Waals surface area contributed by atoms with Crippen LogP contribution in [0.25, 0.3) is 0 Å². The van der Waals surface area contributed by atoms with Gasteiger partial charge < -0.3 is 5.32 Å². The molecular weight excluding hydrogens is 272 g/mol. The van der Waals surface area contributed by atoms with Crippen molar-refractivity contribution >= 4 is 23.2 Å². The molecule has 3 rings (SSSR count). The van der Waals surface area contributed by atoms with E-state index in [2.05, 4.69) is 5.32 Å². The molecule has 1 nitrogen and oxygen atoms in total. The molecule has 2 heterocycles. The molecule has 2 bridgehead atoms. The lowest BCUT2D eigenvalue weighted by Gasteiger charge is -2.35. The maximum Gasteiger partial charge on any atom is 0.118 e. The first kappa shape index (κ1) is 12.7. The molecule has 2 fully saturated rings. The zero-order valence-electron chi connectivity index (χ0n) is 10.1. The van der Waals surface area contributed by atoms with E-state index in [1.807, 2.05) is 6.07 Å². The lowest BCUT2D eigenvalue weighted by Crippen LogP contribution is -2.47. The minimum Gasteiger partial charge on any atom is -0.311 e. The number of hydrogen-bond donors (Lipinski definition) is 1. The number of nitrogens with one attached hydrogen (secondary N) is 1. The Bertz CT molecular complexity index is 451. The van der Waals surface area contributed by atoms with Gasteiger partial charge in [-0.05, 0) is 43.4 Å². The molecule has 1 aromatic carbocycles. The molecule has 4 heteroatoms. The third-order valence-corrected chi connectivity index (χ3v) is 4.67. The first-order valence-corrected chi connectivity index (χ1v) is 7.19. The number of benzene rings is 1. The molecule has 2 atom stereocenters. The predicted molar refractivity (Wildman–Crippen MR) is 73.2 cm³/mol. The number of piperidine rings is 1. The average molecular weight is 288 g/mol. The molecule has 0 aromatic heterocycles. The van der Waals surface area contributed by atoms with Crippen LogP contribution in [0.1, 0.15) is 31.2 Å². The van der Waals surface area contributed by atoms with E-state index in [0.717, 1.165) is 18.4 Å². The van der Waals surface area contributed by atoms with Crippen LogP contribution in [-0.2, 0) is 6.42 Å². The molecular formula is C14H16Cl2FN. The van der Waals surface area contributed by atoms with E-state index in [1.165, 1.54) is 0 Å². The second-order valence-corrected chi connectivity index (χ2v) is 6.45. The van der Waals surface area contributed by atoms with Crippen molar-refractivity contribution < 1.29 is 4.39 Å². The first-order chi connectivity index (χ1) is 8.54. The van der Waals surface area contributed by atoms with Gasteiger partial charge in [-0.25, -0.2) is 4.39 Å². The average Bonchev–Trinajstić information content (AvgIpc) is 2.63. The minimum atomic E-state index is -1.12. The van der Waals surface area contributed by atoms with Crippen molar-refractivity contribution in [3.8, 4) is 0 Å². The highest BCUT2D eigenvalue weighted by atomic mass is 35.5. The van der Waals surface area contributed by atoms with Gasteiger partial charge in [0.1, 0.15) is 5.67 Å². The maximum atomic E-state index is 14.9. The smallest absolute Gasteiger partial charge is 0.118 e. The van der Waals surface area contributed by atoms with Crippen molar-refractivity contribution in [3.05, 3.63) is 33.8 Å². The highest BCUT2D eigenvalue weighted by molar-refractivity contribution is 6.35. The Morgan fingerprint density at radius 3 is 2.50 bits per heavy atom. The topological polar surface area (TPSA) is 12.0 Å². The van der Waals surface area contributed by atoms with Crippen molar-refractivity contribution in [2.24, 2.45) is 0 Å². The minimum absolute atomic E-state index is 0.347. The van der Waals surface area contributed by atoms with Gasteiger partial charge in [0.05, 0.1) is 0 Å². The summed E-state index contributed by atoms with van der Waals surface area (Å²) >= 11 is 12.0. The van der Waals surface area contributed by atoms with E-state index in [4.69, 9.17) is 23.2 Å². The maximum absolute atomic E-state index is 14.9. The van der Waals surface area contributed by atoms with E-state index in [1.54, 1.807) is 12.1 Å². The Morgan fingerprint density at radius 1 is 1.22 bits per heavy atom. The van der Waals surface area contributed by atoms with Crippen LogP contribution in [0.15, 0.2) is 18.2 Å². The van der Waals surface area contributed by atoms with Crippen LogP contribution in [0.2, 0.25) is 10.0 Å². The Morgan fingerprint density at radius 2 is 1.89 bits per heavy atom. The molecule has 0 spiro atoms. The molecule has 1 aromatic rings. The van der Waals surface area contributed by atoms with Gasteiger partial charge in [-0.1, -0.05) is 29.3 Å². The van der Waals surface area contributed by atoms with E-state index in [-0.39, 0.29) is 0 Å². The molecule has 2 unspecified atom stereocenters. The molecule has 18 heavy (non-hydrogen) atoms. The summed E-state index contributed by atoms with van der Waals surface area (Å²) in [5.41, 5.74) is -0.251. The third-order valence-electron chi connectivity index (χ3n) is 4.08. The van der Waals surface area contributed by atoms with Crippen molar-refractivity contribution in [1.29, 1.82) is 0 Å². The van der Waals surface area contributed by atoms with Gasteiger partial charge in [-0.2, -0.15) is 0 Å². The standard InChI is InChI=1S/C14H16Cl2FN/c15-10-2-1-9(13(16)5-10)6-14(17)7-11-3-4-12(8-14)18-11/h1-2,5,11-12,18H,3-4,6-8H2. The highest BCUT2D eigenvalue weighted by Gasteiger charge is 2.44. The Balaban J connectivity index is 1.79. The van der Waals surface area contributed by atoms with Crippen LogP contribution in [0.5, 0.6) is 0 Å². The fourth-order valence-corrected chi connectivity index (χ4v) is 3.82.